The maximum absolute atomic E-state index is 11.5. The molecule has 0 aliphatic carbocycles. The van der Waals surface area contributed by atoms with Crippen molar-refractivity contribution in [2.24, 2.45) is 0 Å². The van der Waals surface area contributed by atoms with Gasteiger partial charge in [-0.2, -0.15) is 0 Å². The average Bonchev–Trinajstić information content (AvgIpc) is 3.02. The SMILES string of the molecule is CN(C)c1cc(N(C)Cc2ccccc2)c2nonc2c1[N+](=O)[O-]. The fourth-order valence-corrected chi connectivity index (χ4v) is 2.65. The fourth-order valence-electron chi connectivity index (χ4n) is 2.65. The van der Waals surface area contributed by atoms with Gasteiger partial charge in [-0.25, -0.2) is 4.63 Å². The van der Waals surface area contributed by atoms with Crippen molar-refractivity contribution in [2.75, 3.05) is 30.9 Å². The summed E-state index contributed by atoms with van der Waals surface area (Å²) in [4.78, 5) is 14.7. The molecule has 1 aromatic heterocycles. The molecular formula is C16H17N5O3. The summed E-state index contributed by atoms with van der Waals surface area (Å²) in [6, 6.07) is 11.7. The third-order valence-electron chi connectivity index (χ3n) is 3.81. The second kappa shape index (κ2) is 6.15. The van der Waals surface area contributed by atoms with E-state index in [1.165, 1.54) is 0 Å². The molecule has 0 aliphatic rings. The molecule has 2 aromatic carbocycles. The summed E-state index contributed by atoms with van der Waals surface area (Å²) < 4.78 is 4.78. The van der Waals surface area contributed by atoms with Crippen LogP contribution < -0.4 is 9.80 Å². The number of nitro groups is 1. The predicted molar refractivity (Wildman–Crippen MR) is 91.3 cm³/mol. The Balaban J connectivity index is 2.12. The van der Waals surface area contributed by atoms with E-state index < -0.39 is 4.92 Å². The molecule has 0 saturated heterocycles. The Morgan fingerprint density at radius 2 is 1.75 bits per heavy atom. The zero-order valence-electron chi connectivity index (χ0n) is 13.6. The summed E-state index contributed by atoms with van der Waals surface area (Å²) in [5.41, 5.74) is 2.73. The van der Waals surface area contributed by atoms with E-state index in [0.717, 1.165) is 11.3 Å². The van der Waals surface area contributed by atoms with Gasteiger partial charge in [-0.15, -0.1) is 0 Å². The molecule has 0 amide bonds. The van der Waals surface area contributed by atoms with Crippen LogP contribution in [0.4, 0.5) is 17.1 Å². The van der Waals surface area contributed by atoms with Crippen LogP contribution in [-0.4, -0.2) is 36.4 Å². The molecule has 8 heteroatoms. The van der Waals surface area contributed by atoms with Crippen molar-refractivity contribution in [3.63, 3.8) is 0 Å². The molecule has 124 valence electrons. The van der Waals surface area contributed by atoms with Gasteiger partial charge >= 0.3 is 5.69 Å². The fraction of sp³-hybridized carbons (Fsp3) is 0.250. The molecule has 0 spiro atoms. The van der Waals surface area contributed by atoms with E-state index in [0.29, 0.717) is 17.7 Å². The highest BCUT2D eigenvalue weighted by atomic mass is 16.6. The van der Waals surface area contributed by atoms with Gasteiger partial charge in [0.2, 0.25) is 5.52 Å². The Hall–Kier alpha value is -3.16. The lowest BCUT2D eigenvalue weighted by atomic mass is 10.1. The van der Waals surface area contributed by atoms with Crippen molar-refractivity contribution in [1.29, 1.82) is 0 Å². The molecule has 0 saturated carbocycles. The largest absolute Gasteiger partial charge is 0.372 e. The Morgan fingerprint density at radius 1 is 1.08 bits per heavy atom. The monoisotopic (exact) mass is 327 g/mol. The van der Waals surface area contributed by atoms with Gasteiger partial charge in [0.05, 0.1) is 10.6 Å². The quantitative estimate of drug-likeness (QED) is 0.526. The van der Waals surface area contributed by atoms with Crippen LogP contribution in [0.5, 0.6) is 0 Å². The Morgan fingerprint density at radius 3 is 2.38 bits per heavy atom. The summed E-state index contributed by atoms with van der Waals surface area (Å²) in [5.74, 6) is 0. The van der Waals surface area contributed by atoms with Crippen LogP contribution in [0.2, 0.25) is 0 Å². The molecule has 0 bridgehead atoms. The van der Waals surface area contributed by atoms with E-state index >= 15 is 0 Å². The minimum atomic E-state index is -0.456. The number of nitrogens with zero attached hydrogens (tertiary/aromatic N) is 5. The minimum Gasteiger partial charge on any atom is -0.372 e. The Labute approximate surface area is 138 Å². The summed E-state index contributed by atoms with van der Waals surface area (Å²) in [6.07, 6.45) is 0. The molecule has 3 aromatic rings. The zero-order chi connectivity index (χ0) is 17.3. The van der Waals surface area contributed by atoms with Gasteiger partial charge < -0.3 is 9.80 Å². The van der Waals surface area contributed by atoms with E-state index in [-0.39, 0.29) is 11.2 Å². The third kappa shape index (κ3) is 2.73. The summed E-state index contributed by atoms with van der Waals surface area (Å²) in [6.45, 7) is 0.632. The van der Waals surface area contributed by atoms with Crippen molar-refractivity contribution in [1.82, 2.24) is 10.3 Å². The van der Waals surface area contributed by atoms with Gasteiger partial charge in [0.1, 0.15) is 5.69 Å². The molecular weight excluding hydrogens is 310 g/mol. The molecule has 0 N–H and O–H groups in total. The highest BCUT2D eigenvalue weighted by Crippen LogP contribution is 2.39. The van der Waals surface area contributed by atoms with Crippen LogP contribution in [0.1, 0.15) is 5.56 Å². The maximum atomic E-state index is 11.5. The topological polar surface area (TPSA) is 88.5 Å². The number of rotatable bonds is 5. The van der Waals surface area contributed by atoms with Crippen LogP contribution in [0.3, 0.4) is 0 Å². The highest BCUT2D eigenvalue weighted by molar-refractivity contribution is 5.99. The number of hydrogen-bond donors (Lipinski definition) is 0. The summed E-state index contributed by atoms with van der Waals surface area (Å²) in [5, 5.41) is 19.1. The third-order valence-corrected chi connectivity index (χ3v) is 3.81. The molecule has 8 nitrogen and oxygen atoms in total. The number of anilines is 2. The smallest absolute Gasteiger partial charge is 0.323 e. The van der Waals surface area contributed by atoms with Crippen molar-refractivity contribution in [3.05, 3.63) is 52.1 Å². The Bertz CT molecular complexity index is 876. The standard InChI is InChI=1S/C16H17N5O3/c1-19(2)13-9-12(20(3)10-11-7-5-4-6-8-11)14-15(18-24-17-14)16(13)21(22)23/h4-9H,10H2,1-3H3. The summed E-state index contributed by atoms with van der Waals surface area (Å²) in [7, 11) is 5.41. The first-order chi connectivity index (χ1) is 11.5. The van der Waals surface area contributed by atoms with E-state index in [1.807, 2.05) is 42.3 Å². The van der Waals surface area contributed by atoms with E-state index in [9.17, 15) is 10.1 Å². The van der Waals surface area contributed by atoms with Gasteiger partial charge in [0.25, 0.3) is 0 Å². The van der Waals surface area contributed by atoms with Gasteiger partial charge in [-0.3, -0.25) is 10.1 Å². The minimum absolute atomic E-state index is 0.104. The normalized spacial score (nSPS) is 10.8. The summed E-state index contributed by atoms with van der Waals surface area (Å²) >= 11 is 0. The predicted octanol–water partition coefficient (Wildman–Crippen LogP) is 2.83. The lowest BCUT2D eigenvalue weighted by Crippen LogP contribution is -2.18. The first-order valence-corrected chi connectivity index (χ1v) is 7.35. The highest BCUT2D eigenvalue weighted by Gasteiger charge is 2.27. The van der Waals surface area contributed by atoms with Gasteiger partial charge in [0, 0.05) is 27.7 Å². The van der Waals surface area contributed by atoms with Crippen LogP contribution in [0.25, 0.3) is 11.0 Å². The number of nitro benzene ring substituents is 1. The zero-order valence-corrected chi connectivity index (χ0v) is 13.6. The first kappa shape index (κ1) is 15.7. The van der Waals surface area contributed by atoms with Crippen LogP contribution in [-0.2, 0) is 6.54 Å². The molecule has 0 fully saturated rings. The van der Waals surface area contributed by atoms with Crippen molar-refractivity contribution in [3.8, 4) is 0 Å². The van der Waals surface area contributed by atoms with Gasteiger partial charge in [0.15, 0.2) is 5.52 Å². The van der Waals surface area contributed by atoms with Crippen LogP contribution >= 0.6 is 0 Å². The van der Waals surface area contributed by atoms with E-state index in [2.05, 4.69) is 10.3 Å². The Kier molecular flexibility index (Phi) is 4.03. The lowest BCUT2D eigenvalue weighted by Gasteiger charge is -2.22. The number of aromatic nitrogens is 2. The van der Waals surface area contributed by atoms with Crippen LogP contribution in [0, 0.1) is 10.1 Å². The number of benzene rings is 2. The molecule has 0 radical (unpaired) electrons. The van der Waals surface area contributed by atoms with Crippen molar-refractivity contribution < 1.29 is 9.55 Å². The number of hydrogen-bond acceptors (Lipinski definition) is 7. The molecule has 0 unspecified atom stereocenters. The molecule has 0 atom stereocenters. The second-order valence-electron chi connectivity index (χ2n) is 5.72. The van der Waals surface area contributed by atoms with Crippen molar-refractivity contribution >= 4 is 28.1 Å². The van der Waals surface area contributed by atoms with Crippen LogP contribution in [0.15, 0.2) is 41.0 Å². The van der Waals surface area contributed by atoms with E-state index in [1.54, 1.807) is 25.1 Å². The molecule has 3 rings (SSSR count). The van der Waals surface area contributed by atoms with Crippen molar-refractivity contribution in [2.45, 2.75) is 6.54 Å². The lowest BCUT2D eigenvalue weighted by molar-refractivity contribution is -0.382. The first-order valence-electron chi connectivity index (χ1n) is 7.35. The molecule has 0 aliphatic heterocycles. The van der Waals surface area contributed by atoms with E-state index in [4.69, 9.17) is 4.63 Å². The van der Waals surface area contributed by atoms with Gasteiger partial charge in [-0.1, -0.05) is 30.3 Å². The maximum Gasteiger partial charge on any atom is 0.323 e. The average molecular weight is 327 g/mol. The molecule has 24 heavy (non-hydrogen) atoms. The number of fused-ring (bicyclic) bond motifs is 1. The second-order valence-corrected chi connectivity index (χ2v) is 5.72. The van der Waals surface area contributed by atoms with Gasteiger partial charge in [-0.05, 0) is 21.9 Å². The molecule has 1 heterocycles.